The van der Waals surface area contributed by atoms with Crippen molar-refractivity contribution in [3.63, 3.8) is 0 Å². The Morgan fingerprint density at radius 1 is 1.53 bits per heavy atom. The molecular weight excluding hydrogens is 218 g/mol. The number of rotatable bonds is 7. The lowest BCUT2D eigenvalue weighted by atomic mass is 10.4. The van der Waals surface area contributed by atoms with E-state index in [-0.39, 0.29) is 0 Å². The molecule has 17 heavy (non-hydrogen) atoms. The third kappa shape index (κ3) is 4.66. The van der Waals surface area contributed by atoms with E-state index in [2.05, 4.69) is 21.4 Å². The first-order valence-corrected chi connectivity index (χ1v) is 5.41. The van der Waals surface area contributed by atoms with Gasteiger partial charge in [-0.05, 0) is 6.42 Å². The van der Waals surface area contributed by atoms with Gasteiger partial charge in [0, 0.05) is 33.4 Å². The summed E-state index contributed by atoms with van der Waals surface area (Å²) >= 11 is 0. The van der Waals surface area contributed by atoms with Crippen LogP contribution in [0, 0.1) is 11.3 Å². The van der Waals surface area contributed by atoms with Crippen molar-refractivity contribution in [2.45, 2.75) is 6.42 Å². The largest absolute Gasteiger partial charge is 0.385 e. The summed E-state index contributed by atoms with van der Waals surface area (Å²) in [7, 11) is 3.50. The lowest BCUT2D eigenvalue weighted by Gasteiger charge is -2.14. The van der Waals surface area contributed by atoms with E-state index >= 15 is 0 Å². The molecule has 0 spiro atoms. The normalized spacial score (nSPS) is 9.71. The molecule has 0 saturated heterocycles. The molecule has 0 unspecified atom stereocenters. The SMILES string of the molecule is COCCCNc1cc(N(C)CC#N)ncn1. The molecule has 1 N–H and O–H groups in total. The van der Waals surface area contributed by atoms with E-state index in [9.17, 15) is 0 Å². The standard InChI is InChI=1S/C11H17N5O/c1-16(6-4-12)11-8-10(14-9-15-11)13-5-3-7-17-2/h8-9H,3,5-7H2,1-2H3,(H,13,14,15). The monoisotopic (exact) mass is 235 g/mol. The van der Waals surface area contributed by atoms with E-state index in [0.717, 1.165) is 31.2 Å². The zero-order valence-corrected chi connectivity index (χ0v) is 10.2. The molecule has 0 fully saturated rings. The smallest absolute Gasteiger partial charge is 0.134 e. The van der Waals surface area contributed by atoms with Crippen molar-refractivity contribution >= 4 is 11.6 Å². The predicted molar refractivity (Wildman–Crippen MR) is 65.9 cm³/mol. The lowest BCUT2D eigenvalue weighted by Crippen LogP contribution is -2.18. The van der Waals surface area contributed by atoms with Crippen LogP contribution in [-0.4, -0.2) is 43.8 Å². The lowest BCUT2D eigenvalue weighted by molar-refractivity contribution is 0.198. The van der Waals surface area contributed by atoms with E-state index in [0.29, 0.717) is 6.54 Å². The Bertz CT molecular complexity index is 376. The number of ether oxygens (including phenoxy) is 1. The molecule has 92 valence electrons. The highest BCUT2D eigenvalue weighted by Gasteiger charge is 2.03. The van der Waals surface area contributed by atoms with Gasteiger partial charge in [-0.2, -0.15) is 5.26 Å². The second-order valence-electron chi connectivity index (χ2n) is 3.55. The molecule has 0 atom stereocenters. The van der Waals surface area contributed by atoms with Gasteiger partial charge in [0.25, 0.3) is 0 Å². The van der Waals surface area contributed by atoms with Crippen LogP contribution in [0.4, 0.5) is 11.6 Å². The summed E-state index contributed by atoms with van der Waals surface area (Å²) < 4.78 is 4.96. The minimum atomic E-state index is 0.306. The van der Waals surface area contributed by atoms with E-state index in [1.807, 2.05) is 13.1 Å². The van der Waals surface area contributed by atoms with Crippen LogP contribution in [0.5, 0.6) is 0 Å². The number of nitrogens with zero attached hydrogens (tertiary/aromatic N) is 4. The van der Waals surface area contributed by atoms with Crippen LogP contribution in [0.2, 0.25) is 0 Å². The second-order valence-corrected chi connectivity index (χ2v) is 3.55. The highest BCUT2D eigenvalue weighted by molar-refractivity contribution is 5.48. The molecule has 0 radical (unpaired) electrons. The fourth-order valence-electron chi connectivity index (χ4n) is 1.27. The molecule has 1 aromatic heterocycles. The number of hydrogen-bond donors (Lipinski definition) is 1. The number of aromatic nitrogens is 2. The molecule has 0 amide bonds. The summed E-state index contributed by atoms with van der Waals surface area (Å²) in [5.41, 5.74) is 0. The number of methoxy groups -OCH3 is 1. The Hall–Kier alpha value is -1.87. The average Bonchev–Trinajstić information content (AvgIpc) is 2.35. The van der Waals surface area contributed by atoms with Crippen molar-refractivity contribution in [1.29, 1.82) is 5.26 Å². The molecule has 6 heteroatoms. The Morgan fingerprint density at radius 3 is 3.06 bits per heavy atom. The Labute approximate surface area is 101 Å². The zero-order chi connectivity index (χ0) is 12.5. The van der Waals surface area contributed by atoms with Crippen molar-refractivity contribution in [3.05, 3.63) is 12.4 Å². The highest BCUT2D eigenvalue weighted by Crippen LogP contribution is 2.11. The van der Waals surface area contributed by atoms with E-state index < -0.39 is 0 Å². The van der Waals surface area contributed by atoms with Gasteiger partial charge in [0.15, 0.2) is 0 Å². The first-order valence-electron chi connectivity index (χ1n) is 5.41. The van der Waals surface area contributed by atoms with Gasteiger partial charge in [-0.15, -0.1) is 0 Å². The van der Waals surface area contributed by atoms with Crippen molar-refractivity contribution in [2.24, 2.45) is 0 Å². The quantitative estimate of drug-likeness (QED) is 0.558. The average molecular weight is 235 g/mol. The molecule has 1 aromatic rings. The molecule has 0 bridgehead atoms. The third-order valence-corrected chi connectivity index (χ3v) is 2.18. The van der Waals surface area contributed by atoms with Crippen molar-refractivity contribution in [1.82, 2.24) is 9.97 Å². The maximum atomic E-state index is 8.60. The van der Waals surface area contributed by atoms with Gasteiger partial charge in [0.1, 0.15) is 24.5 Å². The van der Waals surface area contributed by atoms with Gasteiger partial charge < -0.3 is 15.0 Å². The Kier molecular flexibility index (Phi) is 5.75. The summed E-state index contributed by atoms with van der Waals surface area (Å²) in [4.78, 5) is 9.97. The molecule has 0 aliphatic heterocycles. The van der Waals surface area contributed by atoms with Gasteiger partial charge in [-0.3, -0.25) is 0 Å². The predicted octanol–water partition coefficient (Wildman–Crippen LogP) is 0.885. The fourth-order valence-corrected chi connectivity index (χ4v) is 1.27. The Balaban J connectivity index is 2.51. The molecular formula is C11H17N5O. The van der Waals surface area contributed by atoms with E-state index in [4.69, 9.17) is 10.00 Å². The summed E-state index contributed by atoms with van der Waals surface area (Å²) in [5, 5.41) is 11.8. The van der Waals surface area contributed by atoms with Crippen molar-refractivity contribution in [2.75, 3.05) is 44.1 Å². The number of nitrogens with one attached hydrogen (secondary N) is 1. The topological polar surface area (TPSA) is 74.1 Å². The fraction of sp³-hybridized carbons (Fsp3) is 0.545. The maximum Gasteiger partial charge on any atom is 0.134 e. The maximum absolute atomic E-state index is 8.60. The van der Waals surface area contributed by atoms with Crippen molar-refractivity contribution < 1.29 is 4.74 Å². The summed E-state index contributed by atoms with van der Waals surface area (Å²) in [6.45, 7) is 1.83. The minimum absolute atomic E-state index is 0.306. The van der Waals surface area contributed by atoms with Crippen LogP contribution in [0.3, 0.4) is 0 Å². The number of nitriles is 1. The van der Waals surface area contributed by atoms with Crippen LogP contribution in [0.15, 0.2) is 12.4 Å². The highest BCUT2D eigenvalue weighted by atomic mass is 16.5. The van der Waals surface area contributed by atoms with Crippen LogP contribution >= 0.6 is 0 Å². The molecule has 1 rings (SSSR count). The minimum Gasteiger partial charge on any atom is -0.385 e. The zero-order valence-electron chi connectivity index (χ0n) is 10.2. The molecule has 0 saturated carbocycles. The van der Waals surface area contributed by atoms with Gasteiger partial charge in [0.05, 0.1) is 6.07 Å². The molecule has 0 aromatic carbocycles. The summed E-state index contributed by atoms with van der Waals surface area (Å²) in [5.74, 6) is 1.49. The molecule has 0 aliphatic rings. The number of hydrogen-bond acceptors (Lipinski definition) is 6. The second kappa shape index (κ2) is 7.41. The van der Waals surface area contributed by atoms with Gasteiger partial charge >= 0.3 is 0 Å². The Morgan fingerprint density at radius 2 is 2.35 bits per heavy atom. The van der Waals surface area contributed by atoms with Crippen molar-refractivity contribution in [3.8, 4) is 6.07 Å². The third-order valence-electron chi connectivity index (χ3n) is 2.18. The van der Waals surface area contributed by atoms with E-state index in [1.54, 1.807) is 12.0 Å². The number of anilines is 2. The molecule has 6 nitrogen and oxygen atoms in total. The van der Waals surface area contributed by atoms with Crippen LogP contribution in [0.25, 0.3) is 0 Å². The summed E-state index contributed by atoms with van der Waals surface area (Å²) in [6.07, 6.45) is 2.41. The summed E-state index contributed by atoms with van der Waals surface area (Å²) in [6, 6.07) is 3.90. The van der Waals surface area contributed by atoms with Crippen LogP contribution in [0.1, 0.15) is 6.42 Å². The molecule has 1 heterocycles. The van der Waals surface area contributed by atoms with Crippen LogP contribution < -0.4 is 10.2 Å². The van der Waals surface area contributed by atoms with Gasteiger partial charge in [0.2, 0.25) is 0 Å². The first-order chi connectivity index (χ1) is 8.27. The van der Waals surface area contributed by atoms with Crippen LogP contribution in [-0.2, 0) is 4.74 Å². The van der Waals surface area contributed by atoms with E-state index in [1.165, 1.54) is 6.33 Å². The van der Waals surface area contributed by atoms with Gasteiger partial charge in [-0.1, -0.05) is 0 Å². The first kappa shape index (κ1) is 13.2. The molecule has 0 aliphatic carbocycles. The van der Waals surface area contributed by atoms with Gasteiger partial charge in [-0.25, -0.2) is 9.97 Å².